The maximum absolute atomic E-state index is 13.0. The van der Waals surface area contributed by atoms with Gasteiger partial charge in [0.2, 0.25) is 0 Å². The largest absolute Gasteiger partial charge is 0.390 e. The van der Waals surface area contributed by atoms with Crippen molar-refractivity contribution in [3.8, 4) is 11.3 Å². The van der Waals surface area contributed by atoms with Crippen molar-refractivity contribution < 1.29 is 18.8 Å². The summed E-state index contributed by atoms with van der Waals surface area (Å²) in [6, 6.07) is 8.03. The van der Waals surface area contributed by atoms with Crippen LogP contribution in [-0.2, 0) is 11.2 Å². The second kappa shape index (κ2) is 8.75. The highest BCUT2D eigenvalue weighted by molar-refractivity contribution is 5.57. The van der Waals surface area contributed by atoms with E-state index in [1.165, 1.54) is 12.1 Å². The minimum Gasteiger partial charge on any atom is -0.390 e. The van der Waals surface area contributed by atoms with Crippen LogP contribution in [0.5, 0.6) is 0 Å². The first-order valence-electron chi connectivity index (χ1n) is 9.36. The summed E-state index contributed by atoms with van der Waals surface area (Å²) in [5.41, 5.74) is 1.61. The van der Waals surface area contributed by atoms with Gasteiger partial charge in [0.1, 0.15) is 5.82 Å². The molecule has 1 saturated heterocycles. The fourth-order valence-electron chi connectivity index (χ4n) is 3.39. The van der Waals surface area contributed by atoms with Crippen LogP contribution in [0, 0.1) is 5.82 Å². The molecule has 6 heteroatoms. The number of aliphatic hydroxyl groups is 1. The summed E-state index contributed by atoms with van der Waals surface area (Å²) >= 11 is 0. The average Bonchev–Trinajstić information content (AvgIpc) is 3.11. The molecule has 1 aromatic carbocycles. The van der Waals surface area contributed by atoms with Gasteiger partial charge in [0.05, 0.1) is 24.0 Å². The van der Waals surface area contributed by atoms with Gasteiger partial charge < -0.3 is 19.3 Å². The molecule has 142 valence electrons. The molecule has 5 nitrogen and oxygen atoms in total. The predicted molar refractivity (Wildman–Crippen MR) is 97.3 cm³/mol. The Morgan fingerprint density at radius 1 is 1.19 bits per heavy atom. The third-order valence-corrected chi connectivity index (χ3v) is 5.04. The standard InChI is InChI=1S/C20H27FN2O3/c1-3-23(4-2)13-20-18(24)10-9-17(25-20)11-16-12-19(26-22-16)14-5-7-15(21)8-6-14/h5-8,12,17-18,20,24H,3-4,9-11,13H2,1-2H3. The van der Waals surface area contributed by atoms with E-state index in [9.17, 15) is 9.50 Å². The summed E-state index contributed by atoms with van der Waals surface area (Å²) in [5, 5.41) is 14.4. The van der Waals surface area contributed by atoms with Crippen molar-refractivity contribution in [2.24, 2.45) is 0 Å². The van der Waals surface area contributed by atoms with Crippen molar-refractivity contribution in [1.82, 2.24) is 10.1 Å². The minimum absolute atomic E-state index is 0.0186. The van der Waals surface area contributed by atoms with Crippen molar-refractivity contribution in [3.63, 3.8) is 0 Å². The van der Waals surface area contributed by atoms with E-state index in [1.54, 1.807) is 12.1 Å². The van der Waals surface area contributed by atoms with Crippen LogP contribution in [-0.4, -0.2) is 53.1 Å². The van der Waals surface area contributed by atoms with Gasteiger partial charge in [-0.05, 0) is 50.2 Å². The Kier molecular flexibility index (Phi) is 6.40. The molecule has 0 aliphatic carbocycles. The van der Waals surface area contributed by atoms with Crippen molar-refractivity contribution in [3.05, 3.63) is 41.8 Å². The maximum Gasteiger partial charge on any atom is 0.167 e. The van der Waals surface area contributed by atoms with Gasteiger partial charge in [0.15, 0.2) is 5.76 Å². The topological polar surface area (TPSA) is 58.7 Å². The molecule has 2 heterocycles. The normalized spacial score (nSPS) is 23.5. The van der Waals surface area contributed by atoms with Gasteiger partial charge in [0, 0.05) is 24.6 Å². The third kappa shape index (κ3) is 4.69. The second-order valence-electron chi connectivity index (χ2n) is 6.82. The summed E-state index contributed by atoms with van der Waals surface area (Å²) in [5.74, 6) is 0.345. The smallest absolute Gasteiger partial charge is 0.167 e. The Labute approximate surface area is 153 Å². The molecule has 3 unspecified atom stereocenters. The number of aliphatic hydroxyl groups excluding tert-OH is 1. The molecule has 0 bridgehead atoms. The number of nitrogens with zero attached hydrogens (tertiary/aromatic N) is 2. The summed E-state index contributed by atoms with van der Waals surface area (Å²) < 4.78 is 24.6. The van der Waals surface area contributed by atoms with Crippen molar-refractivity contribution in [1.29, 1.82) is 0 Å². The van der Waals surface area contributed by atoms with Gasteiger partial charge in [0.25, 0.3) is 0 Å². The van der Waals surface area contributed by atoms with Crippen LogP contribution in [0.25, 0.3) is 11.3 Å². The highest BCUT2D eigenvalue weighted by Gasteiger charge is 2.31. The van der Waals surface area contributed by atoms with Gasteiger partial charge in [-0.1, -0.05) is 19.0 Å². The van der Waals surface area contributed by atoms with Crippen LogP contribution in [0.15, 0.2) is 34.9 Å². The van der Waals surface area contributed by atoms with Gasteiger partial charge in [-0.25, -0.2) is 4.39 Å². The van der Waals surface area contributed by atoms with Crippen molar-refractivity contribution in [2.45, 2.75) is 51.4 Å². The first kappa shape index (κ1) is 19.0. The van der Waals surface area contributed by atoms with E-state index in [2.05, 4.69) is 23.9 Å². The molecular formula is C20H27FN2O3. The monoisotopic (exact) mass is 362 g/mol. The SMILES string of the molecule is CCN(CC)CC1OC(Cc2cc(-c3ccc(F)cc3)on2)CCC1O. The number of hydrogen-bond acceptors (Lipinski definition) is 5. The lowest BCUT2D eigenvalue weighted by Crippen LogP contribution is -2.46. The molecule has 1 aromatic heterocycles. The van der Waals surface area contributed by atoms with Crippen LogP contribution in [0.3, 0.4) is 0 Å². The molecule has 0 radical (unpaired) electrons. The molecule has 0 saturated carbocycles. The van der Waals surface area contributed by atoms with Crippen LogP contribution >= 0.6 is 0 Å². The molecule has 1 aliphatic rings. The number of benzene rings is 1. The molecular weight excluding hydrogens is 335 g/mol. The fraction of sp³-hybridized carbons (Fsp3) is 0.550. The van der Waals surface area contributed by atoms with Gasteiger partial charge in [-0.3, -0.25) is 0 Å². The third-order valence-electron chi connectivity index (χ3n) is 5.04. The molecule has 1 fully saturated rings. The number of ether oxygens (including phenoxy) is 1. The molecule has 2 aromatic rings. The molecule has 3 rings (SSSR count). The average molecular weight is 362 g/mol. The summed E-state index contributed by atoms with van der Waals surface area (Å²) in [6.07, 6.45) is 1.61. The number of hydrogen-bond donors (Lipinski definition) is 1. The van der Waals surface area contributed by atoms with Crippen LogP contribution < -0.4 is 0 Å². The quantitative estimate of drug-likeness (QED) is 0.819. The zero-order valence-electron chi connectivity index (χ0n) is 15.4. The first-order chi connectivity index (χ1) is 12.6. The van der Waals surface area contributed by atoms with E-state index < -0.39 is 6.10 Å². The molecule has 3 atom stereocenters. The number of likely N-dealkylation sites (N-methyl/N-ethyl adjacent to an activating group) is 1. The Hall–Kier alpha value is -1.76. The Bertz CT molecular complexity index is 685. The lowest BCUT2D eigenvalue weighted by molar-refractivity contribution is -0.125. The zero-order chi connectivity index (χ0) is 18.5. The number of aromatic nitrogens is 1. The molecule has 1 N–H and O–H groups in total. The van der Waals surface area contributed by atoms with Crippen LogP contribution in [0.4, 0.5) is 4.39 Å². The summed E-state index contributed by atoms with van der Waals surface area (Å²) in [4.78, 5) is 2.26. The first-order valence-corrected chi connectivity index (χ1v) is 9.36. The van der Waals surface area contributed by atoms with E-state index in [4.69, 9.17) is 9.26 Å². The summed E-state index contributed by atoms with van der Waals surface area (Å²) in [6.45, 7) is 6.85. The van der Waals surface area contributed by atoms with Gasteiger partial charge in [-0.2, -0.15) is 0 Å². The summed E-state index contributed by atoms with van der Waals surface area (Å²) in [7, 11) is 0. The van der Waals surface area contributed by atoms with Gasteiger partial charge >= 0.3 is 0 Å². The minimum atomic E-state index is -0.418. The van der Waals surface area contributed by atoms with Crippen LogP contribution in [0.2, 0.25) is 0 Å². The molecule has 0 amide bonds. The van der Waals surface area contributed by atoms with E-state index in [-0.39, 0.29) is 18.0 Å². The van der Waals surface area contributed by atoms with Crippen molar-refractivity contribution >= 4 is 0 Å². The van der Waals surface area contributed by atoms with E-state index in [0.717, 1.165) is 43.7 Å². The van der Waals surface area contributed by atoms with Gasteiger partial charge in [-0.15, -0.1) is 0 Å². The lowest BCUT2D eigenvalue weighted by Gasteiger charge is -2.36. The van der Waals surface area contributed by atoms with Crippen molar-refractivity contribution in [2.75, 3.05) is 19.6 Å². The molecule has 0 spiro atoms. The Morgan fingerprint density at radius 3 is 2.62 bits per heavy atom. The Morgan fingerprint density at radius 2 is 1.92 bits per heavy atom. The zero-order valence-corrected chi connectivity index (χ0v) is 15.4. The van der Waals surface area contributed by atoms with Crippen LogP contribution in [0.1, 0.15) is 32.4 Å². The second-order valence-corrected chi connectivity index (χ2v) is 6.82. The Balaban J connectivity index is 1.61. The predicted octanol–water partition coefficient (Wildman–Crippen LogP) is 3.27. The van der Waals surface area contributed by atoms with E-state index in [1.807, 2.05) is 6.07 Å². The fourth-order valence-corrected chi connectivity index (χ4v) is 3.39. The molecule has 1 aliphatic heterocycles. The number of halogens is 1. The van der Waals surface area contributed by atoms with E-state index >= 15 is 0 Å². The lowest BCUT2D eigenvalue weighted by atomic mass is 9.97. The highest BCUT2D eigenvalue weighted by atomic mass is 19.1. The highest BCUT2D eigenvalue weighted by Crippen LogP contribution is 2.25. The molecule has 26 heavy (non-hydrogen) atoms. The number of rotatable bonds is 7. The van der Waals surface area contributed by atoms with E-state index in [0.29, 0.717) is 12.2 Å². The maximum atomic E-state index is 13.0.